The Labute approximate surface area is 106 Å². The van der Waals surface area contributed by atoms with E-state index in [1.54, 1.807) is 19.1 Å². The van der Waals surface area contributed by atoms with Gasteiger partial charge in [0.1, 0.15) is 0 Å². The van der Waals surface area contributed by atoms with E-state index in [1.165, 1.54) is 6.07 Å². The molecule has 100 valence electrons. The van der Waals surface area contributed by atoms with E-state index >= 15 is 0 Å². The summed E-state index contributed by atoms with van der Waals surface area (Å²) in [6.45, 7) is 4.09. The van der Waals surface area contributed by atoms with Crippen LogP contribution < -0.4 is 10.1 Å². The Morgan fingerprint density at radius 1 is 1.50 bits per heavy atom. The predicted octanol–water partition coefficient (Wildman–Crippen LogP) is 2.18. The number of ether oxygens (including phenoxy) is 1. The van der Waals surface area contributed by atoms with Gasteiger partial charge in [0.2, 0.25) is 0 Å². The van der Waals surface area contributed by atoms with Gasteiger partial charge in [-0.05, 0) is 19.4 Å². The van der Waals surface area contributed by atoms with Gasteiger partial charge in [0.05, 0.1) is 18.1 Å². The lowest BCUT2D eigenvalue weighted by molar-refractivity contribution is -0.385. The van der Waals surface area contributed by atoms with Crippen molar-refractivity contribution in [2.45, 2.75) is 26.3 Å². The van der Waals surface area contributed by atoms with Gasteiger partial charge in [0.25, 0.3) is 0 Å². The lowest BCUT2D eigenvalue weighted by Crippen LogP contribution is -2.22. The molecule has 1 unspecified atom stereocenters. The van der Waals surface area contributed by atoms with Crippen molar-refractivity contribution in [3.63, 3.8) is 0 Å². The average molecular weight is 254 g/mol. The van der Waals surface area contributed by atoms with Gasteiger partial charge >= 0.3 is 5.69 Å². The van der Waals surface area contributed by atoms with Gasteiger partial charge in [0, 0.05) is 23.9 Å². The third-order valence-electron chi connectivity index (χ3n) is 2.54. The van der Waals surface area contributed by atoms with Crippen molar-refractivity contribution in [1.29, 1.82) is 0 Å². The van der Waals surface area contributed by atoms with Crippen LogP contribution in [0, 0.1) is 10.1 Å². The van der Waals surface area contributed by atoms with E-state index in [1.807, 2.05) is 6.92 Å². The van der Waals surface area contributed by atoms with Crippen LogP contribution in [-0.2, 0) is 0 Å². The molecular weight excluding hydrogens is 236 g/mol. The molecule has 6 nitrogen and oxygen atoms in total. The fraction of sp³-hybridized carbons (Fsp3) is 0.500. The monoisotopic (exact) mass is 254 g/mol. The summed E-state index contributed by atoms with van der Waals surface area (Å²) >= 11 is 0. The molecule has 0 heterocycles. The quantitative estimate of drug-likeness (QED) is 0.575. The minimum Gasteiger partial charge on any atom is -0.487 e. The summed E-state index contributed by atoms with van der Waals surface area (Å²) in [6.07, 6.45) is 0.761. The molecule has 6 heteroatoms. The third-order valence-corrected chi connectivity index (χ3v) is 2.54. The first kappa shape index (κ1) is 14.2. The van der Waals surface area contributed by atoms with E-state index in [0.29, 0.717) is 12.3 Å². The molecule has 1 aromatic rings. The van der Waals surface area contributed by atoms with E-state index in [0.717, 1.165) is 6.42 Å². The summed E-state index contributed by atoms with van der Waals surface area (Å²) in [5.74, 6) is 0.236. The molecule has 0 saturated carbocycles. The topological polar surface area (TPSA) is 84.6 Å². The van der Waals surface area contributed by atoms with Gasteiger partial charge in [-0.15, -0.1) is 0 Å². The highest BCUT2D eigenvalue weighted by Gasteiger charge is 2.16. The summed E-state index contributed by atoms with van der Waals surface area (Å²) < 4.78 is 5.24. The van der Waals surface area contributed by atoms with E-state index in [4.69, 9.17) is 9.84 Å². The zero-order valence-electron chi connectivity index (χ0n) is 10.5. The number of nitro benzene ring substituents is 1. The second kappa shape index (κ2) is 6.80. The van der Waals surface area contributed by atoms with Crippen LogP contribution in [0.25, 0.3) is 0 Å². The van der Waals surface area contributed by atoms with E-state index in [9.17, 15) is 10.1 Å². The van der Waals surface area contributed by atoms with Gasteiger partial charge in [-0.2, -0.15) is 0 Å². The van der Waals surface area contributed by atoms with Crippen LogP contribution >= 0.6 is 0 Å². The Morgan fingerprint density at radius 3 is 2.72 bits per heavy atom. The van der Waals surface area contributed by atoms with Crippen molar-refractivity contribution in [1.82, 2.24) is 0 Å². The molecule has 18 heavy (non-hydrogen) atoms. The summed E-state index contributed by atoms with van der Waals surface area (Å²) in [5.41, 5.74) is 0.643. The van der Waals surface area contributed by atoms with E-state index in [-0.39, 0.29) is 24.1 Å². The number of nitrogens with zero attached hydrogens (tertiary/aromatic N) is 1. The fourth-order valence-electron chi connectivity index (χ4n) is 1.54. The van der Waals surface area contributed by atoms with Crippen LogP contribution in [0.15, 0.2) is 18.2 Å². The van der Waals surface area contributed by atoms with E-state index in [2.05, 4.69) is 5.32 Å². The fourth-order valence-corrected chi connectivity index (χ4v) is 1.54. The van der Waals surface area contributed by atoms with Crippen molar-refractivity contribution in [2.24, 2.45) is 0 Å². The first-order chi connectivity index (χ1) is 8.62. The molecule has 0 aliphatic heterocycles. The molecule has 0 spiro atoms. The average Bonchev–Trinajstić information content (AvgIpc) is 2.36. The Bertz CT molecular complexity index is 405. The van der Waals surface area contributed by atoms with Crippen LogP contribution in [0.4, 0.5) is 11.4 Å². The number of hydrogen-bond donors (Lipinski definition) is 2. The van der Waals surface area contributed by atoms with Crippen molar-refractivity contribution in [3.8, 4) is 5.75 Å². The van der Waals surface area contributed by atoms with Crippen LogP contribution in [-0.4, -0.2) is 29.3 Å². The van der Waals surface area contributed by atoms with Gasteiger partial charge in [0.15, 0.2) is 5.75 Å². The largest absolute Gasteiger partial charge is 0.487 e. The number of aliphatic hydroxyl groups is 1. The van der Waals surface area contributed by atoms with Crippen LogP contribution in [0.1, 0.15) is 20.3 Å². The molecule has 1 atom stereocenters. The number of anilines is 1. The molecule has 0 aliphatic carbocycles. The number of nitrogens with one attached hydrogen (secondary N) is 1. The van der Waals surface area contributed by atoms with Crippen molar-refractivity contribution < 1.29 is 14.8 Å². The smallest absolute Gasteiger partial charge is 0.311 e. The maximum absolute atomic E-state index is 10.8. The van der Waals surface area contributed by atoms with Crippen LogP contribution in [0.5, 0.6) is 5.75 Å². The van der Waals surface area contributed by atoms with Crippen LogP contribution in [0.3, 0.4) is 0 Å². The molecule has 0 fully saturated rings. The van der Waals surface area contributed by atoms with Gasteiger partial charge < -0.3 is 15.2 Å². The summed E-state index contributed by atoms with van der Waals surface area (Å²) in [4.78, 5) is 10.3. The lowest BCUT2D eigenvalue weighted by Gasteiger charge is -2.16. The normalized spacial score (nSPS) is 11.9. The number of benzene rings is 1. The molecule has 1 rings (SSSR count). The second-order valence-electron chi connectivity index (χ2n) is 3.80. The number of hydrogen-bond acceptors (Lipinski definition) is 5. The molecule has 0 bridgehead atoms. The van der Waals surface area contributed by atoms with E-state index < -0.39 is 4.92 Å². The van der Waals surface area contributed by atoms with Crippen LogP contribution in [0.2, 0.25) is 0 Å². The Kier molecular flexibility index (Phi) is 5.38. The Hall–Kier alpha value is -1.82. The summed E-state index contributed by atoms with van der Waals surface area (Å²) in [5, 5.41) is 23.0. The summed E-state index contributed by atoms with van der Waals surface area (Å²) in [7, 11) is 0. The van der Waals surface area contributed by atoms with Crippen molar-refractivity contribution in [2.75, 3.05) is 18.5 Å². The Balaban J connectivity index is 2.95. The molecule has 0 amide bonds. The standard InChI is InChI=1S/C12H18N2O4/c1-3-9(8-15)13-10-5-6-11(14(16)17)12(7-10)18-4-2/h5-7,9,13,15H,3-4,8H2,1-2H3. The highest BCUT2D eigenvalue weighted by atomic mass is 16.6. The minimum atomic E-state index is -0.474. The molecular formula is C12H18N2O4. The number of nitro groups is 1. The molecule has 0 radical (unpaired) electrons. The zero-order valence-corrected chi connectivity index (χ0v) is 10.5. The maximum Gasteiger partial charge on any atom is 0.311 e. The lowest BCUT2D eigenvalue weighted by atomic mass is 10.2. The molecule has 0 aliphatic rings. The molecule has 1 aromatic carbocycles. The van der Waals surface area contributed by atoms with Gasteiger partial charge in [-0.1, -0.05) is 6.92 Å². The minimum absolute atomic E-state index is 0.0114. The molecule has 0 saturated heterocycles. The summed E-state index contributed by atoms with van der Waals surface area (Å²) in [6, 6.07) is 4.53. The highest BCUT2D eigenvalue weighted by Crippen LogP contribution is 2.30. The maximum atomic E-state index is 10.8. The predicted molar refractivity (Wildman–Crippen MR) is 69.1 cm³/mol. The van der Waals surface area contributed by atoms with Gasteiger partial charge in [-0.25, -0.2) is 0 Å². The first-order valence-corrected chi connectivity index (χ1v) is 5.91. The van der Waals surface area contributed by atoms with Gasteiger partial charge in [-0.3, -0.25) is 10.1 Å². The molecule has 2 N–H and O–H groups in total. The highest BCUT2D eigenvalue weighted by molar-refractivity contribution is 5.58. The molecule has 0 aromatic heterocycles. The third kappa shape index (κ3) is 3.59. The first-order valence-electron chi connectivity index (χ1n) is 5.91. The Morgan fingerprint density at radius 2 is 2.22 bits per heavy atom. The van der Waals surface area contributed by atoms with Crippen molar-refractivity contribution >= 4 is 11.4 Å². The number of rotatable bonds is 7. The SMILES string of the molecule is CCOc1cc(NC(CC)CO)ccc1[N+](=O)[O-]. The zero-order chi connectivity index (χ0) is 13.5. The van der Waals surface area contributed by atoms with Crippen molar-refractivity contribution in [3.05, 3.63) is 28.3 Å². The number of aliphatic hydroxyl groups excluding tert-OH is 1. The second-order valence-corrected chi connectivity index (χ2v) is 3.80.